The molecule has 1 rings (SSSR count). The van der Waals surface area contributed by atoms with Gasteiger partial charge in [-0.3, -0.25) is 4.79 Å². The van der Waals surface area contributed by atoms with Gasteiger partial charge in [0, 0.05) is 21.3 Å². The number of amides is 1. The zero-order valence-electron chi connectivity index (χ0n) is 10.4. The van der Waals surface area contributed by atoms with Crippen molar-refractivity contribution >= 4 is 33.5 Å². The molecule has 0 aromatic heterocycles. The number of carbonyl (C=O) groups is 2. The van der Waals surface area contributed by atoms with Crippen LogP contribution in [0.3, 0.4) is 0 Å². The minimum Gasteiger partial charge on any atom is -0.478 e. The number of carboxylic acids is 1. The molecule has 5 heteroatoms. The van der Waals surface area contributed by atoms with Crippen LogP contribution in [0, 0.1) is 6.92 Å². The van der Waals surface area contributed by atoms with Crippen molar-refractivity contribution in [1.29, 1.82) is 0 Å². The number of carbonyl (C=O) groups excluding carboxylic acids is 1. The van der Waals surface area contributed by atoms with E-state index in [9.17, 15) is 9.59 Å². The average Bonchev–Trinajstić information content (AvgIpc) is 2.30. The summed E-state index contributed by atoms with van der Waals surface area (Å²) in [4.78, 5) is 22.6. The molecule has 2 N–H and O–H groups in total. The van der Waals surface area contributed by atoms with Crippen molar-refractivity contribution in [3.8, 4) is 0 Å². The molecule has 0 bridgehead atoms. The summed E-state index contributed by atoms with van der Waals surface area (Å²) in [5.74, 6) is -1.49. The number of hydrogen-bond donors (Lipinski definition) is 2. The first-order valence-corrected chi connectivity index (χ1v) is 6.10. The normalized spacial score (nSPS) is 11.8. The van der Waals surface area contributed by atoms with E-state index in [0.29, 0.717) is 5.69 Å². The molecule has 0 aliphatic heterocycles. The van der Waals surface area contributed by atoms with Gasteiger partial charge in [-0.05, 0) is 44.5 Å². The van der Waals surface area contributed by atoms with Gasteiger partial charge in [-0.15, -0.1) is 0 Å². The molecule has 0 heterocycles. The topological polar surface area (TPSA) is 66.4 Å². The molecule has 0 fully saturated rings. The number of aryl methyl sites for hydroxylation is 1. The lowest BCUT2D eigenvalue weighted by atomic mass is 10.1. The fourth-order valence-corrected chi connectivity index (χ4v) is 1.79. The molecule has 1 amide bonds. The predicted octanol–water partition coefficient (Wildman–Crippen LogP) is 3.12. The molecule has 1 aromatic rings. The average molecular weight is 312 g/mol. The van der Waals surface area contributed by atoms with Crippen LogP contribution in [0.4, 0.5) is 5.69 Å². The predicted molar refractivity (Wildman–Crippen MR) is 73.5 cm³/mol. The van der Waals surface area contributed by atoms with Crippen LogP contribution in [0.25, 0.3) is 0 Å². The largest absolute Gasteiger partial charge is 0.478 e. The van der Waals surface area contributed by atoms with Gasteiger partial charge in [-0.1, -0.05) is 15.9 Å². The Kier molecular flexibility index (Phi) is 4.67. The van der Waals surface area contributed by atoms with Crippen LogP contribution < -0.4 is 5.32 Å². The van der Waals surface area contributed by atoms with E-state index in [0.717, 1.165) is 10.0 Å². The van der Waals surface area contributed by atoms with Crippen LogP contribution in [0.15, 0.2) is 33.8 Å². The molecule has 1 aromatic carbocycles. The maximum atomic E-state index is 11.9. The van der Waals surface area contributed by atoms with Crippen LogP contribution in [-0.2, 0) is 9.59 Å². The van der Waals surface area contributed by atoms with E-state index in [4.69, 9.17) is 5.11 Å². The Labute approximate surface area is 114 Å². The van der Waals surface area contributed by atoms with Crippen LogP contribution in [-0.4, -0.2) is 17.0 Å². The van der Waals surface area contributed by atoms with Gasteiger partial charge in [0.25, 0.3) is 5.91 Å². The molecular weight excluding hydrogens is 298 g/mol. The third-order valence-electron chi connectivity index (χ3n) is 2.66. The zero-order valence-corrected chi connectivity index (χ0v) is 12.0. The van der Waals surface area contributed by atoms with E-state index in [2.05, 4.69) is 21.2 Å². The lowest BCUT2D eigenvalue weighted by molar-refractivity contribution is -0.133. The molecule has 0 aliphatic carbocycles. The Morgan fingerprint density at radius 2 is 1.83 bits per heavy atom. The molecule has 18 heavy (non-hydrogen) atoms. The first-order valence-electron chi connectivity index (χ1n) is 5.31. The van der Waals surface area contributed by atoms with Gasteiger partial charge in [0.1, 0.15) is 0 Å². The summed E-state index contributed by atoms with van der Waals surface area (Å²) in [5, 5.41) is 11.5. The molecule has 0 spiro atoms. The van der Waals surface area contributed by atoms with Crippen molar-refractivity contribution in [3.63, 3.8) is 0 Å². The van der Waals surface area contributed by atoms with E-state index in [1.54, 1.807) is 6.07 Å². The molecule has 0 radical (unpaired) electrons. The summed E-state index contributed by atoms with van der Waals surface area (Å²) < 4.78 is 0.923. The third kappa shape index (κ3) is 3.43. The highest BCUT2D eigenvalue weighted by Gasteiger charge is 2.13. The Morgan fingerprint density at radius 3 is 2.33 bits per heavy atom. The summed E-state index contributed by atoms with van der Waals surface area (Å²) in [6, 6.07) is 5.45. The molecule has 0 aliphatic rings. The highest BCUT2D eigenvalue weighted by Crippen LogP contribution is 2.20. The quantitative estimate of drug-likeness (QED) is 0.843. The molecule has 4 nitrogen and oxygen atoms in total. The maximum absolute atomic E-state index is 11.9. The fraction of sp³-hybridized carbons (Fsp3) is 0.231. The molecule has 0 saturated carbocycles. The third-order valence-corrected chi connectivity index (χ3v) is 3.15. The minimum absolute atomic E-state index is 0.0438. The number of anilines is 1. The second-order valence-electron chi connectivity index (χ2n) is 3.97. The standard InChI is InChI=1S/C13H14BrNO3/c1-7-6-10(14)4-5-11(7)15-12(16)8(2)9(3)13(17)18/h4-6H,1-3H3,(H,15,16)(H,17,18). The SMILES string of the molecule is CC(C(=O)O)=C(C)C(=O)Nc1ccc(Br)cc1C. The first kappa shape index (κ1) is 14.4. The number of halogens is 1. The molecular formula is C13H14BrNO3. The van der Waals surface area contributed by atoms with Crippen molar-refractivity contribution in [2.75, 3.05) is 5.32 Å². The lowest BCUT2D eigenvalue weighted by Crippen LogP contribution is -2.16. The highest BCUT2D eigenvalue weighted by molar-refractivity contribution is 9.10. The van der Waals surface area contributed by atoms with Crippen molar-refractivity contribution in [3.05, 3.63) is 39.4 Å². The van der Waals surface area contributed by atoms with Crippen LogP contribution in [0.2, 0.25) is 0 Å². The van der Waals surface area contributed by atoms with Crippen molar-refractivity contribution < 1.29 is 14.7 Å². The van der Waals surface area contributed by atoms with E-state index in [1.807, 2.05) is 19.1 Å². The van der Waals surface area contributed by atoms with Gasteiger partial charge in [0.15, 0.2) is 0 Å². The Bertz CT molecular complexity index is 535. The van der Waals surface area contributed by atoms with Crippen LogP contribution >= 0.6 is 15.9 Å². The first-order chi connectivity index (χ1) is 8.32. The zero-order chi connectivity index (χ0) is 13.9. The Hall–Kier alpha value is -1.62. The molecule has 0 atom stereocenters. The van der Waals surface area contributed by atoms with Gasteiger partial charge < -0.3 is 10.4 Å². The van der Waals surface area contributed by atoms with E-state index in [1.165, 1.54) is 13.8 Å². The van der Waals surface area contributed by atoms with Gasteiger partial charge in [0.2, 0.25) is 0 Å². The molecule has 0 saturated heterocycles. The van der Waals surface area contributed by atoms with Crippen LogP contribution in [0.1, 0.15) is 19.4 Å². The minimum atomic E-state index is -1.09. The summed E-state index contributed by atoms with van der Waals surface area (Å²) in [6.45, 7) is 4.77. The van der Waals surface area contributed by atoms with Crippen molar-refractivity contribution in [1.82, 2.24) is 0 Å². The number of carboxylic acid groups (broad SMARTS) is 1. The summed E-state index contributed by atoms with van der Waals surface area (Å²) in [7, 11) is 0. The van der Waals surface area contributed by atoms with E-state index >= 15 is 0 Å². The van der Waals surface area contributed by atoms with Gasteiger partial charge >= 0.3 is 5.97 Å². The molecule has 96 valence electrons. The fourth-order valence-electron chi connectivity index (χ4n) is 1.31. The number of benzene rings is 1. The summed E-state index contributed by atoms with van der Waals surface area (Å²) in [6.07, 6.45) is 0. The second kappa shape index (κ2) is 5.82. The maximum Gasteiger partial charge on any atom is 0.331 e. The van der Waals surface area contributed by atoms with Gasteiger partial charge in [0.05, 0.1) is 0 Å². The Balaban J connectivity index is 2.95. The summed E-state index contributed by atoms with van der Waals surface area (Å²) >= 11 is 3.33. The smallest absolute Gasteiger partial charge is 0.331 e. The van der Waals surface area contributed by atoms with E-state index in [-0.39, 0.29) is 11.1 Å². The molecule has 0 unspecified atom stereocenters. The van der Waals surface area contributed by atoms with Crippen molar-refractivity contribution in [2.24, 2.45) is 0 Å². The number of rotatable bonds is 3. The van der Waals surface area contributed by atoms with Crippen molar-refractivity contribution in [2.45, 2.75) is 20.8 Å². The number of hydrogen-bond acceptors (Lipinski definition) is 2. The van der Waals surface area contributed by atoms with Gasteiger partial charge in [-0.25, -0.2) is 4.79 Å². The number of nitrogens with one attached hydrogen (secondary N) is 1. The lowest BCUT2D eigenvalue weighted by Gasteiger charge is -2.09. The Morgan fingerprint density at radius 1 is 1.22 bits per heavy atom. The van der Waals surface area contributed by atoms with Gasteiger partial charge in [-0.2, -0.15) is 0 Å². The van der Waals surface area contributed by atoms with E-state index < -0.39 is 11.9 Å². The monoisotopic (exact) mass is 311 g/mol. The summed E-state index contributed by atoms with van der Waals surface area (Å²) in [5.41, 5.74) is 1.81. The van der Waals surface area contributed by atoms with Crippen LogP contribution in [0.5, 0.6) is 0 Å². The number of aliphatic carboxylic acids is 1. The highest BCUT2D eigenvalue weighted by atomic mass is 79.9. The second-order valence-corrected chi connectivity index (χ2v) is 4.88.